The number of fused-ring (bicyclic) bond motifs is 2. The highest BCUT2D eigenvalue weighted by Gasteiger charge is 2.77. The maximum atomic E-state index is 14.3. The van der Waals surface area contributed by atoms with E-state index in [4.69, 9.17) is 5.26 Å². The lowest BCUT2D eigenvalue weighted by atomic mass is 9.95. The summed E-state index contributed by atoms with van der Waals surface area (Å²) in [4.78, 5) is 11.7. The summed E-state index contributed by atoms with van der Waals surface area (Å²) in [7, 11) is 0. The van der Waals surface area contributed by atoms with Gasteiger partial charge in [0, 0.05) is 0 Å². The summed E-state index contributed by atoms with van der Waals surface area (Å²) in [5, 5.41) is 15.4. The van der Waals surface area contributed by atoms with Gasteiger partial charge in [-0.15, -0.1) is 4.33 Å². The van der Waals surface area contributed by atoms with E-state index in [9.17, 15) is 36.2 Å². The SMILES string of the molecule is O=C(OC1C2CCC(C2)C1O)C(F)(SOOO)C(F)(F)C(F)(F)F. The van der Waals surface area contributed by atoms with E-state index in [2.05, 4.69) is 14.1 Å². The van der Waals surface area contributed by atoms with Crippen LogP contribution in [-0.2, 0) is 18.9 Å². The number of halogens is 6. The summed E-state index contributed by atoms with van der Waals surface area (Å²) in [5.41, 5.74) is 0. The van der Waals surface area contributed by atoms with Crippen molar-refractivity contribution in [2.75, 3.05) is 0 Å². The predicted molar refractivity (Wildman–Crippen MR) is 63.9 cm³/mol. The van der Waals surface area contributed by atoms with Gasteiger partial charge in [0.1, 0.15) is 6.10 Å². The van der Waals surface area contributed by atoms with Gasteiger partial charge in [-0.05, 0) is 31.1 Å². The van der Waals surface area contributed by atoms with Gasteiger partial charge in [0.2, 0.25) is 0 Å². The van der Waals surface area contributed by atoms with Gasteiger partial charge < -0.3 is 9.84 Å². The highest BCUT2D eigenvalue weighted by molar-refractivity contribution is 7.96. The molecule has 5 unspecified atom stereocenters. The number of carbonyl (C=O) groups is 1. The number of ether oxygens (including phenoxy) is 1. The summed E-state index contributed by atoms with van der Waals surface area (Å²) >= 11 is -1.39. The third-order valence-corrected chi connectivity index (χ3v) is 5.02. The first kappa shape index (κ1) is 19.6. The average Bonchev–Trinajstić information content (AvgIpc) is 3.06. The number of rotatable bonds is 6. The molecule has 0 radical (unpaired) electrons. The van der Waals surface area contributed by atoms with Crippen molar-refractivity contribution in [1.82, 2.24) is 0 Å². The number of carbonyl (C=O) groups excluding carboxylic acids is 1. The lowest BCUT2D eigenvalue weighted by Gasteiger charge is -2.33. The molecule has 2 saturated carbocycles. The molecule has 0 aromatic heterocycles. The fourth-order valence-corrected chi connectivity index (χ4v) is 3.49. The van der Waals surface area contributed by atoms with E-state index in [1.165, 1.54) is 0 Å². The fraction of sp³-hybridized carbons (Fsp3) is 0.909. The molecule has 0 saturated heterocycles. The maximum Gasteiger partial charge on any atom is 0.458 e. The highest BCUT2D eigenvalue weighted by atomic mass is 32.2. The first-order valence-corrected chi connectivity index (χ1v) is 7.38. The normalized spacial score (nSPS) is 32.7. The van der Waals surface area contributed by atoms with Crippen LogP contribution in [0.2, 0.25) is 0 Å². The molecule has 2 N–H and O–H groups in total. The molecule has 2 rings (SSSR count). The zero-order chi connectivity index (χ0) is 18.3. The van der Waals surface area contributed by atoms with Crippen LogP contribution in [0.3, 0.4) is 0 Å². The molecule has 0 heterocycles. The van der Waals surface area contributed by atoms with E-state index in [1.807, 2.05) is 0 Å². The van der Waals surface area contributed by atoms with Crippen LogP contribution in [0, 0.1) is 11.8 Å². The Kier molecular flexibility index (Phi) is 5.31. The standard InChI is InChI=1S/C11H12F6O6S/c12-9(24-23-22-20,10(13,14)11(15,16)17)8(19)21-7-5-2-1-4(3-5)6(7)18/h4-7,18,20H,1-3H2. The minimum Gasteiger partial charge on any atom is -0.456 e. The number of aliphatic hydroxyl groups excluding tert-OH is 1. The molecule has 5 atom stereocenters. The Hall–Kier alpha value is -0.760. The molecule has 2 aliphatic rings. The van der Waals surface area contributed by atoms with Crippen LogP contribution in [0.15, 0.2) is 0 Å². The maximum absolute atomic E-state index is 14.3. The van der Waals surface area contributed by atoms with Gasteiger partial charge in [0.25, 0.3) is 0 Å². The molecule has 13 heteroatoms. The Morgan fingerprint density at radius 2 is 1.67 bits per heavy atom. The van der Waals surface area contributed by atoms with E-state index in [1.54, 1.807) is 0 Å². The Labute approximate surface area is 135 Å². The van der Waals surface area contributed by atoms with Gasteiger partial charge in [0.15, 0.2) is 0 Å². The number of hydrogen-bond acceptors (Lipinski definition) is 7. The summed E-state index contributed by atoms with van der Waals surface area (Å²) < 4.78 is 86.1. The molecule has 2 bridgehead atoms. The number of esters is 1. The lowest BCUT2D eigenvalue weighted by molar-refractivity contribution is -0.434. The molecule has 2 aliphatic carbocycles. The van der Waals surface area contributed by atoms with Crippen molar-refractivity contribution < 1.29 is 55.6 Å². The monoisotopic (exact) mass is 386 g/mol. The summed E-state index contributed by atoms with van der Waals surface area (Å²) in [5.74, 6) is -9.57. The zero-order valence-corrected chi connectivity index (χ0v) is 12.5. The van der Waals surface area contributed by atoms with Gasteiger partial charge in [-0.3, -0.25) is 0 Å². The molecule has 0 aromatic carbocycles. The van der Waals surface area contributed by atoms with Crippen molar-refractivity contribution in [1.29, 1.82) is 0 Å². The van der Waals surface area contributed by atoms with E-state index < -0.39 is 53.2 Å². The van der Waals surface area contributed by atoms with E-state index in [-0.39, 0.29) is 5.92 Å². The van der Waals surface area contributed by atoms with Crippen LogP contribution in [-0.4, -0.2) is 45.6 Å². The predicted octanol–water partition coefficient (Wildman–Crippen LogP) is 2.62. The van der Waals surface area contributed by atoms with Crippen molar-refractivity contribution in [3.05, 3.63) is 0 Å². The second-order valence-corrected chi connectivity index (χ2v) is 6.45. The Morgan fingerprint density at radius 3 is 2.12 bits per heavy atom. The Bertz CT molecular complexity index is 488. The van der Waals surface area contributed by atoms with Gasteiger partial charge >= 0.3 is 23.1 Å². The van der Waals surface area contributed by atoms with E-state index in [0.29, 0.717) is 19.3 Å². The van der Waals surface area contributed by atoms with Crippen LogP contribution < -0.4 is 0 Å². The van der Waals surface area contributed by atoms with Crippen LogP contribution >= 0.6 is 12.0 Å². The zero-order valence-electron chi connectivity index (χ0n) is 11.6. The van der Waals surface area contributed by atoms with Crippen molar-refractivity contribution in [2.45, 2.75) is 48.6 Å². The molecular weight excluding hydrogens is 374 g/mol. The molecular formula is C11H12F6O6S. The summed E-state index contributed by atoms with van der Waals surface area (Å²) in [6.45, 7) is 0. The highest BCUT2D eigenvalue weighted by Crippen LogP contribution is 2.53. The average molecular weight is 386 g/mol. The van der Waals surface area contributed by atoms with Gasteiger partial charge in [-0.2, -0.15) is 22.0 Å². The molecule has 6 nitrogen and oxygen atoms in total. The molecule has 0 spiro atoms. The minimum absolute atomic E-state index is 0.297. The molecule has 24 heavy (non-hydrogen) atoms. The van der Waals surface area contributed by atoms with Crippen LogP contribution in [0.4, 0.5) is 26.3 Å². The lowest BCUT2D eigenvalue weighted by Crippen LogP contribution is -2.58. The quantitative estimate of drug-likeness (QED) is 0.239. The van der Waals surface area contributed by atoms with Crippen molar-refractivity contribution in [2.24, 2.45) is 11.8 Å². The second-order valence-electron chi connectivity index (χ2n) is 5.59. The van der Waals surface area contributed by atoms with Crippen molar-refractivity contribution in [3.8, 4) is 0 Å². The van der Waals surface area contributed by atoms with Crippen molar-refractivity contribution in [3.63, 3.8) is 0 Å². The van der Waals surface area contributed by atoms with E-state index >= 15 is 0 Å². The fourth-order valence-electron chi connectivity index (χ4n) is 3.03. The minimum atomic E-state index is -6.46. The molecule has 2 fully saturated rings. The van der Waals surface area contributed by atoms with Crippen LogP contribution in [0.5, 0.6) is 0 Å². The summed E-state index contributed by atoms with van der Waals surface area (Å²) in [6, 6.07) is 0. The molecule has 0 amide bonds. The largest absolute Gasteiger partial charge is 0.458 e. The first-order chi connectivity index (χ1) is 11.0. The van der Waals surface area contributed by atoms with E-state index in [0.717, 1.165) is 0 Å². The van der Waals surface area contributed by atoms with Gasteiger partial charge in [-0.1, -0.05) is 5.04 Å². The third-order valence-electron chi connectivity index (χ3n) is 4.24. The molecule has 0 aliphatic heterocycles. The number of alkyl halides is 6. The number of hydrogen-bond donors (Lipinski definition) is 2. The van der Waals surface area contributed by atoms with Crippen molar-refractivity contribution >= 4 is 18.0 Å². The smallest absolute Gasteiger partial charge is 0.456 e. The summed E-state index contributed by atoms with van der Waals surface area (Å²) in [6.07, 6.45) is -7.71. The van der Waals surface area contributed by atoms with Crippen LogP contribution in [0.1, 0.15) is 19.3 Å². The van der Waals surface area contributed by atoms with Gasteiger partial charge in [0.05, 0.1) is 18.1 Å². The van der Waals surface area contributed by atoms with Gasteiger partial charge in [-0.25, -0.2) is 14.4 Å². The first-order valence-electron chi connectivity index (χ1n) is 6.64. The Balaban J connectivity index is 2.22. The number of aliphatic hydroxyl groups is 1. The molecule has 0 aromatic rings. The topological polar surface area (TPSA) is 85.2 Å². The molecule has 140 valence electrons. The second kappa shape index (κ2) is 6.52. The third kappa shape index (κ3) is 3.07. The Morgan fingerprint density at radius 1 is 1.08 bits per heavy atom. The van der Waals surface area contributed by atoms with Crippen LogP contribution in [0.25, 0.3) is 0 Å².